The maximum absolute atomic E-state index is 7.21. The molecule has 1 aromatic heterocycles. The van der Waals surface area contributed by atoms with E-state index < -0.39 is 5.41 Å². The van der Waals surface area contributed by atoms with Crippen LogP contribution in [0.25, 0.3) is 88.3 Å². The molecule has 312 valence electrons. The number of fused-ring (bicyclic) bond motifs is 15. The Morgan fingerprint density at radius 1 is 0.313 bits per heavy atom. The summed E-state index contributed by atoms with van der Waals surface area (Å²) in [6, 6.07) is 91.0. The molecular weight excluding hydrogens is 811 g/mol. The Bertz CT molecular complexity index is 3820. The van der Waals surface area contributed by atoms with Gasteiger partial charge in [0.25, 0.3) is 0 Å². The van der Waals surface area contributed by atoms with Crippen LogP contribution >= 0.6 is 0 Å². The van der Waals surface area contributed by atoms with Gasteiger partial charge in [0.05, 0.1) is 16.8 Å². The monoisotopic (exact) mass is 851 g/mol. The van der Waals surface area contributed by atoms with Crippen LogP contribution < -0.4 is 4.90 Å². The van der Waals surface area contributed by atoms with E-state index in [1.54, 1.807) is 0 Å². The minimum atomic E-state index is -0.437. The lowest BCUT2D eigenvalue weighted by Gasteiger charge is -2.45. The zero-order valence-corrected chi connectivity index (χ0v) is 36.5. The van der Waals surface area contributed by atoms with Crippen molar-refractivity contribution >= 4 is 49.6 Å². The molecule has 67 heavy (non-hydrogen) atoms. The number of nitrogens with zero attached hydrogens (tertiary/aromatic N) is 1. The molecule has 2 heteroatoms. The zero-order chi connectivity index (χ0) is 44.1. The normalized spacial score (nSPS) is 13.2. The third-order valence-corrected chi connectivity index (χ3v) is 14.5. The van der Waals surface area contributed by atoms with E-state index in [0.29, 0.717) is 0 Å². The molecule has 1 spiro atoms. The maximum atomic E-state index is 7.21. The molecule has 11 aromatic carbocycles. The standard InChI is InChI=1S/C65H41NO/c1-3-18-42(19-4-1)45-22-17-23-47(40-45)63-61(44-20-5-2-6-21-44)62-54-41-46(36-39-50(54)49-24-7-8-27-53(49)64(62)67-63)43-34-37-48(38-35-43)66-59-32-15-13-30-57(59)65(58-31-14-16-33-60(58)66)55-28-11-9-25-51(55)52-26-10-12-29-56(52)65/h1-41H. The number of hydrogen-bond donors (Lipinski definition) is 0. The average Bonchev–Trinajstić information content (AvgIpc) is 3.95. The first-order valence-corrected chi connectivity index (χ1v) is 23.2. The summed E-state index contributed by atoms with van der Waals surface area (Å²) in [4.78, 5) is 2.46. The van der Waals surface area contributed by atoms with Gasteiger partial charge < -0.3 is 9.32 Å². The van der Waals surface area contributed by atoms with E-state index in [1.165, 1.54) is 66.5 Å². The molecular formula is C65H41NO. The molecule has 2 nitrogen and oxygen atoms in total. The van der Waals surface area contributed by atoms with E-state index in [1.807, 2.05) is 0 Å². The van der Waals surface area contributed by atoms with Gasteiger partial charge in [-0.1, -0.05) is 212 Å². The first kappa shape index (κ1) is 37.6. The van der Waals surface area contributed by atoms with Gasteiger partial charge in [-0.3, -0.25) is 0 Å². The third kappa shape index (κ3) is 5.45. The molecule has 0 bridgehead atoms. The van der Waals surface area contributed by atoms with Crippen LogP contribution in [0, 0.1) is 0 Å². The molecule has 2 heterocycles. The largest absolute Gasteiger partial charge is 0.455 e. The molecule has 0 radical (unpaired) electrons. The lowest BCUT2D eigenvalue weighted by atomic mass is 9.64. The summed E-state index contributed by atoms with van der Waals surface area (Å²) in [7, 11) is 0. The summed E-state index contributed by atoms with van der Waals surface area (Å²) in [5.74, 6) is 0.875. The van der Waals surface area contributed by atoms with Gasteiger partial charge >= 0.3 is 0 Å². The quantitative estimate of drug-likeness (QED) is 0.160. The van der Waals surface area contributed by atoms with Gasteiger partial charge in [0.15, 0.2) is 0 Å². The van der Waals surface area contributed by atoms with E-state index >= 15 is 0 Å². The zero-order valence-electron chi connectivity index (χ0n) is 36.5. The van der Waals surface area contributed by atoms with Crippen LogP contribution in [0.1, 0.15) is 22.3 Å². The molecule has 12 aromatic rings. The number of benzene rings is 11. The van der Waals surface area contributed by atoms with Crippen LogP contribution in [0.2, 0.25) is 0 Å². The predicted octanol–water partition coefficient (Wildman–Crippen LogP) is 17.6. The van der Waals surface area contributed by atoms with Gasteiger partial charge in [0.2, 0.25) is 0 Å². The number of furan rings is 1. The summed E-state index contributed by atoms with van der Waals surface area (Å²) in [6.45, 7) is 0. The van der Waals surface area contributed by atoms with Gasteiger partial charge in [-0.2, -0.15) is 0 Å². The first-order chi connectivity index (χ1) is 33.3. The summed E-state index contributed by atoms with van der Waals surface area (Å²) in [5.41, 5.74) is 19.8. The lowest BCUT2D eigenvalue weighted by molar-refractivity contribution is 0.636. The summed E-state index contributed by atoms with van der Waals surface area (Å²) < 4.78 is 7.21. The van der Waals surface area contributed by atoms with Gasteiger partial charge in [-0.05, 0) is 114 Å². The van der Waals surface area contributed by atoms with Crippen LogP contribution in [-0.2, 0) is 5.41 Å². The van der Waals surface area contributed by atoms with Gasteiger partial charge in [-0.15, -0.1) is 0 Å². The fourth-order valence-electron chi connectivity index (χ4n) is 11.7. The van der Waals surface area contributed by atoms with Crippen molar-refractivity contribution in [2.24, 2.45) is 0 Å². The number of anilines is 3. The van der Waals surface area contributed by atoms with Gasteiger partial charge in [0.1, 0.15) is 11.3 Å². The molecule has 0 amide bonds. The van der Waals surface area contributed by atoms with Gasteiger partial charge in [0, 0.05) is 27.6 Å². The van der Waals surface area contributed by atoms with Crippen molar-refractivity contribution in [2.75, 3.05) is 4.90 Å². The highest BCUT2D eigenvalue weighted by Gasteiger charge is 2.51. The lowest BCUT2D eigenvalue weighted by Crippen LogP contribution is -2.36. The van der Waals surface area contributed by atoms with E-state index in [9.17, 15) is 0 Å². The number of rotatable bonds is 5. The third-order valence-electron chi connectivity index (χ3n) is 14.5. The van der Waals surface area contributed by atoms with E-state index in [0.717, 1.165) is 61.2 Å². The van der Waals surface area contributed by atoms with Crippen molar-refractivity contribution in [3.8, 4) is 55.8 Å². The molecule has 0 fully saturated rings. The highest BCUT2D eigenvalue weighted by molar-refractivity contribution is 6.29. The minimum absolute atomic E-state index is 0.437. The molecule has 1 aliphatic carbocycles. The fourth-order valence-corrected chi connectivity index (χ4v) is 11.7. The van der Waals surface area contributed by atoms with Crippen molar-refractivity contribution in [2.45, 2.75) is 5.41 Å². The average molecular weight is 852 g/mol. The Balaban J connectivity index is 0.940. The highest BCUT2D eigenvalue weighted by atomic mass is 16.3. The van der Waals surface area contributed by atoms with Crippen molar-refractivity contribution in [1.29, 1.82) is 0 Å². The van der Waals surface area contributed by atoms with Crippen LogP contribution in [0.3, 0.4) is 0 Å². The highest BCUT2D eigenvalue weighted by Crippen LogP contribution is 2.63. The maximum Gasteiger partial charge on any atom is 0.143 e. The van der Waals surface area contributed by atoms with Crippen LogP contribution in [0.5, 0.6) is 0 Å². The minimum Gasteiger partial charge on any atom is -0.455 e. The van der Waals surface area contributed by atoms with Crippen molar-refractivity contribution in [3.05, 3.63) is 271 Å². The first-order valence-electron chi connectivity index (χ1n) is 23.2. The second kappa shape index (κ2) is 14.7. The Morgan fingerprint density at radius 3 is 1.46 bits per heavy atom. The van der Waals surface area contributed by atoms with Crippen molar-refractivity contribution in [1.82, 2.24) is 0 Å². The Kier molecular flexibility index (Phi) is 8.23. The van der Waals surface area contributed by atoms with Crippen molar-refractivity contribution in [3.63, 3.8) is 0 Å². The molecule has 0 saturated heterocycles. The molecule has 0 saturated carbocycles. The molecule has 0 atom stereocenters. The van der Waals surface area contributed by atoms with Crippen molar-refractivity contribution < 1.29 is 4.42 Å². The SMILES string of the molecule is c1ccc(-c2cccc(-c3oc4c5ccccc5c5ccc(-c6ccc(N7c8ccccc8C8(c9ccccc9-c9ccccc98)c8ccccc87)cc6)cc5c4c3-c3ccccc3)c2)cc1. The Labute approximate surface area is 389 Å². The predicted molar refractivity (Wildman–Crippen MR) is 279 cm³/mol. The molecule has 1 aliphatic heterocycles. The Hall–Kier alpha value is -8.72. The summed E-state index contributed by atoms with van der Waals surface area (Å²) in [5, 5.41) is 5.79. The van der Waals surface area contributed by atoms with Crippen LogP contribution in [0.4, 0.5) is 17.1 Å². The van der Waals surface area contributed by atoms with Gasteiger partial charge in [-0.25, -0.2) is 0 Å². The number of para-hydroxylation sites is 2. The fraction of sp³-hybridized carbons (Fsp3) is 0.0154. The summed E-state index contributed by atoms with van der Waals surface area (Å²) in [6.07, 6.45) is 0. The van der Waals surface area contributed by atoms with E-state index in [-0.39, 0.29) is 0 Å². The van der Waals surface area contributed by atoms with E-state index in [2.05, 4.69) is 254 Å². The van der Waals surface area contributed by atoms with E-state index in [4.69, 9.17) is 4.42 Å². The number of hydrogen-bond acceptors (Lipinski definition) is 2. The molecule has 14 rings (SSSR count). The summed E-state index contributed by atoms with van der Waals surface area (Å²) >= 11 is 0. The Morgan fingerprint density at radius 2 is 0.791 bits per heavy atom. The second-order valence-electron chi connectivity index (χ2n) is 17.9. The second-order valence-corrected chi connectivity index (χ2v) is 17.9. The molecule has 0 N–H and O–H groups in total. The smallest absolute Gasteiger partial charge is 0.143 e. The van der Waals surface area contributed by atoms with Crippen LogP contribution in [0.15, 0.2) is 253 Å². The molecule has 0 unspecified atom stereocenters. The topological polar surface area (TPSA) is 16.4 Å². The molecule has 2 aliphatic rings. The van der Waals surface area contributed by atoms with Crippen LogP contribution in [-0.4, -0.2) is 0 Å².